The molecule has 27 heavy (non-hydrogen) atoms. The van der Waals surface area contributed by atoms with Gasteiger partial charge in [0.1, 0.15) is 0 Å². The molecule has 1 aliphatic heterocycles. The molecule has 1 saturated heterocycles. The Morgan fingerprint density at radius 2 is 1.93 bits per heavy atom. The predicted molar refractivity (Wildman–Crippen MR) is 106 cm³/mol. The minimum atomic E-state index is 0.108. The first-order chi connectivity index (χ1) is 13.2. The maximum atomic E-state index is 13.4. The van der Waals surface area contributed by atoms with Crippen LogP contribution in [0.25, 0.3) is 0 Å². The minimum Gasteiger partial charge on any atom is -0.379 e. The number of hydrogen-bond acceptors (Lipinski definition) is 3. The first-order valence-electron chi connectivity index (χ1n) is 10.2. The van der Waals surface area contributed by atoms with Crippen LogP contribution in [0.1, 0.15) is 44.6 Å². The number of anilines is 1. The molecule has 1 aromatic carbocycles. The molecule has 1 saturated carbocycles. The van der Waals surface area contributed by atoms with E-state index in [1.54, 1.807) is 0 Å². The highest BCUT2D eigenvalue weighted by Crippen LogP contribution is 2.32. The number of aromatic nitrogens is 2. The summed E-state index contributed by atoms with van der Waals surface area (Å²) in [4.78, 5) is 15.3. The van der Waals surface area contributed by atoms with Gasteiger partial charge in [0.2, 0.25) is 5.91 Å². The lowest BCUT2D eigenvalue weighted by molar-refractivity contribution is -0.124. The fraction of sp³-hybridized carbons (Fsp3) is 0.545. The van der Waals surface area contributed by atoms with Crippen LogP contribution in [0.4, 0.5) is 5.82 Å². The van der Waals surface area contributed by atoms with Gasteiger partial charge in [-0.2, -0.15) is 5.10 Å². The summed E-state index contributed by atoms with van der Waals surface area (Å²) in [6, 6.07) is 12.4. The molecule has 1 aliphatic carbocycles. The summed E-state index contributed by atoms with van der Waals surface area (Å²) in [6.07, 6.45) is 7.15. The van der Waals surface area contributed by atoms with Gasteiger partial charge < -0.3 is 4.74 Å². The van der Waals surface area contributed by atoms with E-state index in [1.165, 1.54) is 5.56 Å². The summed E-state index contributed by atoms with van der Waals surface area (Å²) < 4.78 is 7.51. The average Bonchev–Trinajstić information content (AvgIpc) is 3.36. The summed E-state index contributed by atoms with van der Waals surface area (Å²) in [6.45, 7) is 4.33. The molecule has 2 aromatic rings. The Labute approximate surface area is 161 Å². The second kappa shape index (κ2) is 8.26. The molecule has 2 aliphatic rings. The molecule has 0 spiro atoms. The van der Waals surface area contributed by atoms with E-state index in [4.69, 9.17) is 9.84 Å². The van der Waals surface area contributed by atoms with E-state index in [-0.39, 0.29) is 17.9 Å². The highest BCUT2D eigenvalue weighted by atomic mass is 16.5. The van der Waals surface area contributed by atoms with Crippen molar-refractivity contribution in [1.82, 2.24) is 9.78 Å². The topological polar surface area (TPSA) is 47.4 Å². The van der Waals surface area contributed by atoms with Gasteiger partial charge in [-0.3, -0.25) is 14.4 Å². The van der Waals surface area contributed by atoms with E-state index < -0.39 is 0 Å². The molecule has 0 N–H and O–H groups in total. The fourth-order valence-corrected chi connectivity index (χ4v) is 4.25. The number of hydrogen-bond donors (Lipinski definition) is 0. The standard InChI is InChI=1S/C22H29N3O2/c1-17-7-9-19(10-8-17)22(26)25(20-12-14-27-16-20)21-11-13-24(23-21)15-18-5-3-2-4-6-18/h2-6,11,13,17,19-20H,7-10,12,14-16H2,1H3. The molecule has 5 nitrogen and oxygen atoms in total. The van der Waals surface area contributed by atoms with Gasteiger partial charge in [-0.15, -0.1) is 0 Å². The Balaban J connectivity index is 1.53. The average molecular weight is 367 g/mol. The van der Waals surface area contributed by atoms with Crippen molar-refractivity contribution in [2.45, 2.75) is 51.6 Å². The monoisotopic (exact) mass is 367 g/mol. The second-order valence-corrected chi connectivity index (χ2v) is 8.04. The van der Waals surface area contributed by atoms with Crippen molar-refractivity contribution in [2.24, 2.45) is 11.8 Å². The lowest BCUT2D eigenvalue weighted by atomic mass is 9.82. The number of amides is 1. The number of ether oxygens (including phenoxy) is 1. The molecule has 0 bridgehead atoms. The number of carbonyl (C=O) groups excluding carboxylic acids is 1. The van der Waals surface area contributed by atoms with Gasteiger partial charge in [0.15, 0.2) is 5.82 Å². The molecule has 0 radical (unpaired) electrons. The molecule has 5 heteroatoms. The second-order valence-electron chi connectivity index (χ2n) is 8.04. The van der Waals surface area contributed by atoms with Crippen LogP contribution in [-0.2, 0) is 16.1 Å². The van der Waals surface area contributed by atoms with Gasteiger partial charge in [-0.05, 0) is 43.6 Å². The Bertz CT molecular complexity index is 744. The van der Waals surface area contributed by atoms with Crippen LogP contribution in [0.3, 0.4) is 0 Å². The van der Waals surface area contributed by atoms with E-state index in [1.807, 2.05) is 40.0 Å². The lowest BCUT2D eigenvalue weighted by Gasteiger charge is -2.32. The normalized spacial score (nSPS) is 25.4. The Hall–Kier alpha value is -2.14. The largest absolute Gasteiger partial charge is 0.379 e. The first-order valence-corrected chi connectivity index (χ1v) is 10.2. The van der Waals surface area contributed by atoms with Gasteiger partial charge in [0.25, 0.3) is 0 Å². The van der Waals surface area contributed by atoms with Crippen molar-refractivity contribution in [3.8, 4) is 0 Å². The Morgan fingerprint density at radius 1 is 1.15 bits per heavy atom. The number of benzene rings is 1. The third kappa shape index (κ3) is 4.24. The molecular weight excluding hydrogens is 338 g/mol. The van der Waals surface area contributed by atoms with Crippen molar-refractivity contribution < 1.29 is 9.53 Å². The molecular formula is C22H29N3O2. The van der Waals surface area contributed by atoms with Crippen molar-refractivity contribution >= 4 is 11.7 Å². The maximum Gasteiger partial charge on any atom is 0.231 e. The van der Waals surface area contributed by atoms with Crippen molar-refractivity contribution in [1.29, 1.82) is 0 Å². The van der Waals surface area contributed by atoms with Crippen molar-refractivity contribution in [3.63, 3.8) is 0 Å². The Morgan fingerprint density at radius 3 is 2.63 bits per heavy atom. The molecule has 1 aromatic heterocycles. The zero-order chi connectivity index (χ0) is 18.6. The third-order valence-electron chi connectivity index (χ3n) is 5.93. The van der Waals surface area contributed by atoms with E-state index in [0.29, 0.717) is 13.2 Å². The van der Waals surface area contributed by atoms with Crippen LogP contribution in [0.2, 0.25) is 0 Å². The SMILES string of the molecule is CC1CCC(C(=O)N(c2ccn(Cc3ccccc3)n2)C2CCOC2)CC1. The Kier molecular flexibility index (Phi) is 5.58. The highest BCUT2D eigenvalue weighted by Gasteiger charge is 2.35. The van der Waals surface area contributed by atoms with Crippen LogP contribution >= 0.6 is 0 Å². The van der Waals surface area contributed by atoms with Crippen LogP contribution in [0.5, 0.6) is 0 Å². The smallest absolute Gasteiger partial charge is 0.231 e. The summed E-state index contributed by atoms with van der Waals surface area (Å²) in [5, 5.41) is 4.75. The number of carbonyl (C=O) groups is 1. The van der Waals surface area contributed by atoms with Gasteiger partial charge in [0.05, 0.1) is 19.2 Å². The highest BCUT2D eigenvalue weighted by molar-refractivity contribution is 5.94. The molecule has 2 fully saturated rings. The minimum absolute atomic E-state index is 0.108. The number of rotatable bonds is 5. The third-order valence-corrected chi connectivity index (χ3v) is 5.93. The van der Waals surface area contributed by atoms with Gasteiger partial charge >= 0.3 is 0 Å². The summed E-state index contributed by atoms with van der Waals surface area (Å²) in [5.41, 5.74) is 1.20. The zero-order valence-electron chi connectivity index (χ0n) is 16.1. The molecule has 1 atom stereocenters. The van der Waals surface area contributed by atoms with Crippen molar-refractivity contribution in [3.05, 3.63) is 48.2 Å². The van der Waals surface area contributed by atoms with E-state index in [9.17, 15) is 4.79 Å². The van der Waals surface area contributed by atoms with Crippen LogP contribution in [0.15, 0.2) is 42.6 Å². The van der Waals surface area contributed by atoms with Crippen LogP contribution in [0, 0.1) is 11.8 Å². The lowest BCUT2D eigenvalue weighted by Crippen LogP contribution is -2.45. The summed E-state index contributed by atoms with van der Waals surface area (Å²) in [7, 11) is 0. The molecule has 1 amide bonds. The van der Waals surface area contributed by atoms with E-state index >= 15 is 0 Å². The van der Waals surface area contributed by atoms with Crippen molar-refractivity contribution in [2.75, 3.05) is 18.1 Å². The summed E-state index contributed by atoms with van der Waals surface area (Å²) >= 11 is 0. The molecule has 2 heterocycles. The van der Waals surface area contributed by atoms with Gasteiger partial charge in [-0.25, -0.2) is 0 Å². The molecule has 1 unspecified atom stereocenters. The number of nitrogens with zero attached hydrogens (tertiary/aromatic N) is 3. The maximum absolute atomic E-state index is 13.4. The van der Waals surface area contributed by atoms with Gasteiger partial charge in [-0.1, -0.05) is 37.3 Å². The predicted octanol–water partition coefficient (Wildman–Crippen LogP) is 3.88. The molecule has 4 rings (SSSR count). The molecule has 144 valence electrons. The quantitative estimate of drug-likeness (QED) is 0.806. The summed E-state index contributed by atoms with van der Waals surface area (Å²) in [5.74, 6) is 1.87. The van der Waals surface area contributed by atoms with E-state index in [2.05, 4.69) is 19.1 Å². The van der Waals surface area contributed by atoms with Crippen LogP contribution in [-0.4, -0.2) is 34.9 Å². The zero-order valence-corrected chi connectivity index (χ0v) is 16.1. The first kappa shape index (κ1) is 18.2. The van der Waals surface area contributed by atoms with E-state index in [0.717, 1.165) is 50.4 Å². The fourth-order valence-electron chi connectivity index (χ4n) is 4.25. The van der Waals surface area contributed by atoms with Gasteiger partial charge in [0, 0.05) is 24.8 Å². The van der Waals surface area contributed by atoms with Crippen LogP contribution < -0.4 is 4.90 Å².